The molecular weight excluding hydrogens is 325 g/mol. The molecule has 132 valence electrons. The fraction of sp³-hybridized carbons (Fsp3) is 0.389. The number of halogens is 1. The van der Waals surface area contributed by atoms with Crippen LogP contribution in [0.4, 0.5) is 4.39 Å². The number of nitrogens with zero attached hydrogens (tertiary/aromatic N) is 3. The van der Waals surface area contributed by atoms with E-state index in [0.29, 0.717) is 12.2 Å². The number of carboxylic acids is 1. The first-order valence-corrected chi connectivity index (χ1v) is 8.22. The topological polar surface area (TPSA) is 75.4 Å². The third kappa shape index (κ3) is 3.26. The van der Waals surface area contributed by atoms with Gasteiger partial charge in [0, 0.05) is 31.2 Å². The van der Waals surface area contributed by atoms with Crippen molar-refractivity contribution in [3.63, 3.8) is 0 Å². The van der Waals surface area contributed by atoms with E-state index < -0.39 is 11.9 Å². The highest BCUT2D eigenvalue weighted by Crippen LogP contribution is 2.33. The van der Waals surface area contributed by atoms with Gasteiger partial charge in [-0.05, 0) is 37.6 Å². The lowest BCUT2D eigenvalue weighted by Gasteiger charge is -2.15. The van der Waals surface area contributed by atoms with E-state index in [4.69, 9.17) is 0 Å². The van der Waals surface area contributed by atoms with Crippen molar-refractivity contribution in [2.24, 2.45) is 5.92 Å². The lowest BCUT2D eigenvalue weighted by molar-refractivity contribution is -0.141. The van der Waals surface area contributed by atoms with Crippen molar-refractivity contribution in [1.29, 1.82) is 0 Å². The first-order chi connectivity index (χ1) is 11.9. The Morgan fingerprint density at radius 2 is 1.96 bits per heavy atom. The van der Waals surface area contributed by atoms with Crippen LogP contribution in [-0.4, -0.2) is 44.8 Å². The average molecular weight is 345 g/mol. The molecule has 1 saturated heterocycles. The van der Waals surface area contributed by atoms with Gasteiger partial charge in [-0.3, -0.25) is 14.3 Å². The molecule has 1 aromatic heterocycles. The quantitative estimate of drug-likeness (QED) is 0.922. The van der Waals surface area contributed by atoms with Gasteiger partial charge in [0.05, 0.1) is 5.92 Å². The van der Waals surface area contributed by atoms with Crippen LogP contribution in [0.1, 0.15) is 34.6 Å². The standard InChI is InChI=1S/C18H20FN3O3/c1-3-22-11(2)8-16(20-22)17(23)21-9-14(15(10-21)18(24)25)12-4-6-13(19)7-5-12/h4-8,14-15H,3,9-10H2,1-2H3,(H,24,25)/t14-,15+/m0/s1. The van der Waals surface area contributed by atoms with Crippen molar-refractivity contribution in [3.8, 4) is 0 Å². The highest BCUT2D eigenvalue weighted by Gasteiger charge is 2.41. The molecule has 2 atom stereocenters. The van der Waals surface area contributed by atoms with Crippen LogP contribution in [0.2, 0.25) is 0 Å². The second kappa shape index (κ2) is 6.66. The van der Waals surface area contributed by atoms with Crippen LogP contribution in [-0.2, 0) is 11.3 Å². The summed E-state index contributed by atoms with van der Waals surface area (Å²) in [6.07, 6.45) is 0. The maximum atomic E-state index is 13.1. The zero-order valence-electron chi connectivity index (χ0n) is 14.1. The smallest absolute Gasteiger partial charge is 0.308 e. The summed E-state index contributed by atoms with van der Waals surface area (Å²) in [6.45, 7) is 4.87. The molecule has 0 unspecified atom stereocenters. The van der Waals surface area contributed by atoms with E-state index >= 15 is 0 Å². The molecule has 1 aromatic carbocycles. The molecule has 25 heavy (non-hydrogen) atoms. The van der Waals surface area contributed by atoms with E-state index in [0.717, 1.165) is 11.3 Å². The lowest BCUT2D eigenvalue weighted by Crippen LogP contribution is -2.30. The Labute approximate surface area is 144 Å². The Bertz CT molecular complexity index is 800. The first kappa shape index (κ1) is 17.1. The van der Waals surface area contributed by atoms with Crippen molar-refractivity contribution in [1.82, 2.24) is 14.7 Å². The SMILES string of the molecule is CCn1nc(C(=O)N2C[C@@H](C(=O)O)[C@H](c3ccc(F)cc3)C2)cc1C. The Balaban J connectivity index is 1.85. The number of aryl methyl sites for hydroxylation is 2. The molecule has 0 radical (unpaired) electrons. The predicted molar refractivity (Wildman–Crippen MR) is 88.8 cm³/mol. The van der Waals surface area contributed by atoms with Crippen LogP contribution in [0.3, 0.4) is 0 Å². The predicted octanol–water partition coefficient (Wildman–Crippen LogP) is 2.29. The Hall–Kier alpha value is -2.70. The number of carbonyl (C=O) groups is 2. The van der Waals surface area contributed by atoms with Gasteiger partial charge in [-0.2, -0.15) is 5.10 Å². The molecule has 7 heteroatoms. The van der Waals surface area contributed by atoms with E-state index in [-0.39, 0.29) is 30.7 Å². The molecule has 0 saturated carbocycles. The molecule has 6 nitrogen and oxygen atoms in total. The van der Waals surface area contributed by atoms with Gasteiger partial charge in [0.2, 0.25) is 0 Å². The normalized spacial score (nSPS) is 20.0. The number of aliphatic carboxylic acids is 1. The number of hydrogen-bond donors (Lipinski definition) is 1. The minimum atomic E-state index is -0.958. The van der Waals surface area contributed by atoms with Gasteiger partial charge in [0.25, 0.3) is 5.91 Å². The van der Waals surface area contributed by atoms with Crippen LogP contribution in [0, 0.1) is 18.7 Å². The van der Waals surface area contributed by atoms with Crippen molar-refractivity contribution in [2.45, 2.75) is 26.3 Å². The van der Waals surface area contributed by atoms with Crippen molar-refractivity contribution in [2.75, 3.05) is 13.1 Å². The summed E-state index contributed by atoms with van der Waals surface area (Å²) < 4.78 is 14.9. The van der Waals surface area contributed by atoms with Crippen molar-refractivity contribution < 1.29 is 19.1 Å². The van der Waals surface area contributed by atoms with E-state index in [9.17, 15) is 19.1 Å². The van der Waals surface area contributed by atoms with Gasteiger partial charge in [0.1, 0.15) is 5.82 Å². The number of amides is 1. The number of rotatable bonds is 4. The number of carboxylic acid groups (broad SMARTS) is 1. The van der Waals surface area contributed by atoms with E-state index in [2.05, 4.69) is 5.10 Å². The van der Waals surface area contributed by atoms with Gasteiger partial charge < -0.3 is 10.0 Å². The Morgan fingerprint density at radius 3 is 2.52 bits per heavy atom. The molecule has 1 aliphatic heterocycles. The van der Waals surface area contributed by atoms with Gasteiger partial charge in [-0.1, -0.05) is 12.1 Å². The summed E-state index contributed by atoms with van der Waals surface area (Å²) in [4.78, 5) is 25.9. The van der Waals surface area contributed by atoms with Crippen molar-refractivity contribution in [3.05, 3.63) is 53.1 Å². The molecule has 2 aromatic rings. The molecule has 2 heterocycles. The summed E-state index contributed by atoms with van der Waals surface area (Å²) in [5.74, 6) is -2.69. The Kier molecular flexibility index (Phi) is 4.57. The van der Waals surface area contributed by atoms with Crippen LogP contribution < -0.4 is 0 Å². The van der Waals surface area contributed by atoms with Crippen LogP contribution in [0.5, 0.6) is 0 Å². The monoisotopic (exact) mass is 345 g/mol. The molecular formula is C18H20FN3O3. The van der Waals surface area contributed by atoms with Crippen LogP contribution >= 0.6 is 0 Å². The van der Waals surface area contributed by atoms with Crippen LogP contribution in [0.15, 0.2) is 30.3 Å². The maximum Gasteiger partial charge on any atom is 0.308 e. The summed E-state index contributed by atoms with van der Waals surface area (Å²) in [7, 11) is 0. The molecule has 1 N–H and O–H groups in total. The van der Waals surface area contributed by atoms with Gasteiger partial charge in [0.15, 0.2) is 5.69 Å². The van der Waals surface area contributed by atoms with E-state index in [1.807, 2.05) is 13.8 Å². The molecule has 1 fully saturated rings. The fourth-order valence-corrected chi connectivity index (χ4v) is 3.36. The highest BCUT2D eigenvalue weighted by molar-refractivity contribution is 5.93. The Morgan fingerprint density at radius 1 is 1.28 bits per heavy atom. The average Bonchev–Trinajstić information content (AvgIpc) is 3.19. The minimum absolute atomic E-state index is 0.119. The fourth-order valence-electron chi connectivity index (χ4n) is 3.36. The largest absolute Gasteiger partial charge is 0.481 e. The summed E-state index contributed by atoms with van der Waals surface area (Å²) >= 11 is 0. The third-order valence-corrected chi connectivity index (χ3v) is 4.72. The second-order valence-electron chi connectivity index (χ2n) is 6.30. The number of likely N-dealkylation sites (tertiary alicyclic amines) is 1. The first-order valence-electron chi connectivity index (χ1n) is 8.22. The maximum absolute atomic E-state index is 13.1. The molecule has 0 aliphatic carbocycles. The third-order valence-electron chi connectivity index (χ3n) is 4.72. The lowest BCUT2D eigenvalue weighted by atomic mass is 9.89. The zero-order valence-corrected chi connectivity index (χ0v) is 14.1. The van der Waals surface area contributed by atoms with Gasteiger partial charge >= 0.3 is 5.97 Å². The van der Waals surface area contributed by atoms with E-state index in [1.54, 1.807) is 22.9 Å². The number of benzene rings is 1. The summed E-state index contributed by atoms with van der Waals surface area (Å²) in [6, 6.07) is 7.50. The number of aromatic nitrogens is 2. The van der Waals surface area contributed by atoms with Gasteiger partial charge in [-0.15, -0.1) is 0 Å². The molecule has 1 amide bonds. The van der Waals surface area contributed by atoms with Crippen LogP contribution in [0.25, 0.3) is 0 Å². The zero-order chi connectivity index (χ0) is 18.1. The van der Waals surface area contributed by atoms with Crippen molar-refractivity contribution >= 4 is 11.9 Å². The molecule has 0 spiro atoms. The van der Waals surface area contributed by atoms with Gasteiger partial charge in [-0.25, -0.2) is 4.39 Å². The highest BCUT2D eigenvalue weighted by atomic mass is 19.1. The molecule has 3 rings (SSSR count). The number of carbonyl (C=O) groups excluding carboxylic acids is 1. The summed E-state index contributed by atoms with van der Waals surface area (Å²) in [5, 5.41) is 13.8. The summed E-state index contributed by atoms with van der Waals surface area (Å²) in [5.41, 5.74) is 1.93. The minimum Gasteiger partial charge on any atom is -0.481 e. The molecule has 0 bridgehead atoms. The van der Waals surface area contributed by atoms with E-state index in [1.165, 1.54) is 17.0 Å². The number of hydrogen-bond acceptors (Lipinski definition) is 3. The second-order valence-corrected chi connectivity index (χ2v) is 6.30. The molecule has 1 aliphatic rings.